The fourth-order valence-electron chi connectivity index (χ4n) is 1.65. The maximum absolute atomic E-state index is 13.6. The Labute approximate surface area is 108 Å². The van der Waals surface area contributed by atoms with Gasteiger partial charge in [0.15, 0.2) is 0 Å². The molecule has 1 heterocycles. The average Bonchev–Trinajstić information content (AvgIpc) is 2.33. The van der Waals surface area contributed by atoms with Crippen LogP contribution in [0.2, 0.25) is 5.02 Å². The van der Waals surface area contributed by atoms with Gasteiger partial charge in [-0.1, -0.05) is 17.7 Å². The van der Waals surface area contributed by atoms with Crippen LogP contribution in [0.1, 0.15) is 22.8 Å². The first-order chi connectivity index (χ1) is 8.49. The Morgan fingerprint density at radius 1 is 1.17 bits per heavy atom. The third-order valence-corrected chi connectivity index (χ3v) is 2.84. The predicted octanol–water partition coefficient (Wildman–Crippen LogP) is 3.40. The highest BCUT2D eigenvalue weighted by atomic mass is 35.5. The van der Waals surface area contributed by atoms with Crippen molar-refractivity contribution in [3.05, 3.63) is 63.9 Å². The van der Waals surface area contributed by atoms with Gasteiger partial charge in [0.05, 0.1) is 5.02 Å². The van der Waals surface area contributed by atoms with Gasteiger partial charge in [-0.15, -0.1) is 0 Å². The van der Waals surface area contributed by atoms with E-state index in [-0.39, 0.29) is 10.6 Å². The number of aromatic nitrogens is 1. The molecule has 0 aliphatic rings. The van der Waals surface area contributed by atoms with Crippen molar-refractivity contribution in [3.8, 4) is 0 Å². The number of hydrogen-bond donors (Lipinski definition) is 1. The zero-order valence-electron chi connectivity index (χ0n) is 9.49. The highest BCUT2D eigenvalue weighted by molar-refractivity contribution is 6.30. The van der Waals surface area contributed by atoms with Gasteiger partial charge in [-0.25, -0.2) is 8.78 Å². The van der Waals surface area contributed by atoms with Crippen LogP contribution in [-0.2, 0) is 0 Å². The number of pyridine rings is 1. The van der Waals surface area contributed by atoms with Crippen molar-refractivity contribution in [2.45, 2.75) is 13.0 Å². The number of aryl methyl sites for hydroxylation is 1. The molecule has 0 saturated carbocycles. The second-order valence-corrected chi connectivity index (χ2v) is 4.39. The molecule has 0 saturated heterocycles. The maximum atomic E-state index is 13.6. The molecule has 0 fully saturated rings. The van der Waals surface area contributed by atoms with Crippen LogP contribution in [-0.4, -0.2) is 10.1 Å². The summed E-state index contributed by atoms with van der Waals surface area (Å²) in [6.07, 6.45) is 1.74. The van der Waals surface area contributed by atoms with Crippen LogP contribution in [0, 0.1) is 18.6 Å². The minimum atomic E-state index is -1.27. The molecule has 2 aromatic rings. The normalized spacial score (nSPS) is 12.5. The molecule has 0 aliphatic heterocycles. The van der Waals surface area contributed by atoms with Gasteiger partial charge in [-0.05, 0) is 24.6 Å². The standard InChI is InChI=1S/C13H10ClF2NO/c1-7-2-8(6-17-5-7)13(18)9-3-12(16)10(14)4-11(9)15/h2-6,13,18H,1H3. The summed E-state index contributed by atoms with van der Waals surface area (Å²) in [7, 11) is 0. The Bertz CT molecular complexity index is 589. The third kappa shape index (κ3) is 2.49. The van der Waals surface area contributed by atoms with Gasteiger partial charge < -0.3 is 5.11 Å². The number of benzene rings is 1. The highest BCUT2D eigenvalue weighted by Gasteiger charge is 2.18. The fraction of sp³-hybridized carbons (Fsp3) is 0.154. The van der Waals surface area contributed by atoms with E-state index < -0.39 is 17.7 Å². The summed E-state index contributed by atoms with van der Waals surface area (Å²) >= 11 is 5.45. The van der Waals surface area contributed by atoms with Gasteiger partial charge in [0.2, 0.25) is 0 Å². The van der Waals surface area contributed by atoms with Crippen LogP contribution in [0.15, 0.2) is 30.6 Å². The molecule has 0 amide bonds. The monoisotopic (exact) mass is 269 g/mol. The van der Waals surface area contributed by atoms with E-state index in [0.717, 1.165) is 17.7 Å². The third-order valence-electron chi connectivity index (χ3n) is 2.55. The molecule has 5 heteroatoms. The van der Waals surface area contributed by atoms with Crippen LogP contribution < -0.4 is 0 Å². The maximum Gasteiger partial charge on any atom is 0.142 e. The number of aliphatic hydroxyl groups excluding tert-OH is 1. The second-order valence-electron chi connectivity index (χ2n) is 3.99. The van der Waals surface area contributed by atoms with Crippen LogP contribution in [0.3, 0.4) is 0 Å². The first kappa shape index (κ1) is 12.9. The Balaban J connectivity index is 2.46. The Morgan fingerprint density at radius 2 is 1.89 bits per heavy atom. The lowest BCUT2D eigenvalue weighted by atomic mass is 10.0. The van der Waals surface area contributed by atoms with Crippen molar-refractivity contribution in [1.29, 1.82) is 0 Å². The minimum absolute atomic E-state index is 0.163. The predicted molar refractivity (Wildman–Crippen MR) is 64.4 cm³/mol. The molecule has 0 bridgehead atoms. The van der Waals surface area contributed by atoms with E-state index >= 15 is 0 Å². The molecular weight excluding hydrogens is 260 g/mol. The lowest BCUT2D eigenvalue weighted by Gasteiger charge is -2.13. The van der Waals surface area contributed by atoms with Crippen LogP contribution in [0.5, 0.6) is 0 Å². The number of rotatable bonds is 2. The SMILES string of the molecule is Cc1cncc(C(O)c2cc(F)c(Cl)cc2F)c1. The molecule has 1 unspecified atom stereocenters. The summed E-state index contributed by atoms with van der Waals surface area (Å²) < 4.78 is 26.9. The van der Waals surface area contributed by atoms with Crippen LogP contribution in [0.25, 0.3) is 0 Å². The van der Waals surface area contributed by atoms with E-state index in [2.05, 4.69) is 4.98 Å². The fourth-order valence-corrected chi connectivity index (χ4v) is 1.81. The second kappa shape index (κ2) is 5.00. The summed E-state index contributed by atoms with van der Waals surface area (Å²) in [6, 6.07) is 3.40. The van der Waals surface area contributed by atoms with Crippen LogP contribution in [0.4, 0.5) is 8.78 Å². The Morgan fingerprint density at radius 3 is 2.56 bits per heavy atom. The molecule has 0 spiro atoms. The molecule has 1 atom stereocenters. The van der Waals surface area contributed by atoms with E-state index in [9.17, 15) is 13.9 Å². The molecule has 2 nitrogen and oxygen atoms in total. The largest absolute Gasteiger partial charge is 0.383 e. The van der Waals surface area contributed by atoms with E-state index in [1.807, 2.05) is 0 Å². The number of nitrogens with zero attached hydrogens (tertiary/aromatic N) is 1. The number of aliphatic hydroxyl groups is 1. The smallest absolute Gasteiger partial charge is 0.142 e. The molecule has 0 radical (unpaired) electrons. The van der Waals surface area contributed by atoms with E-state index in [1.54, 1.807) is 19.2 Å². The van der Waals surface area contributed by atoms with Crippen molar-refractivity contribution < 1.29 is 13.9 Å². The molecule has 0 aliphatic carbocycles. The van der Waals surface area contributed by atoms with Gasteiger partial charge in [0.25, 0.3) is 0 Å². The lowest BCUT2D eigenvalue weighted by Crippen LogP contribution is -2.04. The average molecular weight is 270 g/mol. The summed E-state index contributed by atoms with van der Waals surface area (Å²) in [4.78, 5) is 3.90. The van der Waals surface area contributed by atoms with E-state index in [0.29, 0.717) is 5.56 Å². The summed E-state index contributed by atoms with van der Waals surface area (Å²) in [5.74, 6) is -1.52. The molecule has 1 aromatic heterocycles. The summed E-state index contributed by atoms with van der Waals surface area (Å²) in [5, 5.41) is 9.71. The molecular formula is C13H10ClF2NO. The molecule has 1 N–H and O–H groups in total. The van der Waals surface area contributed by atoms with Gasteiger partial charge in [-0.2, -0.15) is 0 Å². The Kier molecular flexibility index (Phi) is 3.59. The molecule has 18 heavy (non-hydrogen) atoms. The molecule has 2 rings (SSSR count). The number of hydrogen-bond acceptors (Lipinski definition) is 2. The van der Waals surface area contributed by atoms with Crippen LogP contribution >= 0.6 is 11.6 Å². The van der Waals surface area contributed by atoms with Crippen molar-refractivity contribution in [1.82, 2.24) is 4.98 Å². The minimum Gasteiger partial charge on any atom is -0.383 e. The van der Waals surface area contributed by atoms with Gasteiger partial charge in [0, 0.05) is 23.5 Å². The van der Waals surface area contributed by atoms with E-state index in [1.165, 1.54) is 6.20 Å². The van der Waals surface area contributed by atoms with Gasteiger partial charge >= 0.3 is 0 Å². The first-order valence-electron chi connectivity index (χ1n) is 5.23. The molecule has 1 aromatic carbocycles. The van der Waals surface area contributed by atoms with Crippen molar-refractivity contribution in [2.24, 2.45) is 0 Å². The zero-order valence-corrected chi connectivity index (χ0v) is 10.2. The topological polar surface area (TPSA) is 33.1 Å². The van der Waals surface area contributed by atoms with E-state index in [4.69, 9.17) is 11.6 Å². The molecule has 94 valence electrons. The zero-order chi connectivity index (χ0) is 13.3. The van der Waals surface area contributed by atoms with Crippen molar-refractivity contribution in [3.63, 3.8) is 0 Å². The summed E-state index contributed by atoms with van der Waals surface area (Å²) in [5.41, 5.74) is 1.06. The van der Waals surface area contributed by atoms with Crippen molar-refractivity contribution >= 4 is 11.6 Å². The lowest BCUT2D eigenvalue weighted by molar-refractivity contribution is 0.214. The first-order valence-corrected chi connectivity index (χ1v) is 5.61. The Hall–Kier alpha value is -1.52. The quantitative estimate of drug-likeness (QED) is 0.848. The van der Waals surface area contributed by atoms with Gasteiger partial charge in [0.1, 0.15) is 17.7 Å². The number of halogens is 3. The van der Waals surface area contributed by atoms with Gasteiger partial charge in [-0.3, -0.25) is 4.98 Å². The van der Waals surface area contributed by atoms with Crippen molar-refractivity contribution in [2.75, 3.05) is 0 Å². The highest BCUT2D eigenvalue weighted by Crippen LogP contribution is 2.28. The summed E-state index contributed by atoms with van der Waals surface area (Å²) in [6.45, 7) is 1.79.